The van der Waals surface area contributed by atoms with Crippen molar-refractivity contribution < 1.29 is 18.3 Å². The third-order valence-electron chi connectivity index (χ3n) is 2.91. The number of aliphatic carboxylic acids is 1. The summed E-state index contributed by atoms with van der Waals surface area (Å²) in [6.45, 7) is 3.01. The van der Waals surface area contributed by atoms with Crippen LogP contribution in [0.1, 0.15) is 39.5 Å². The van der Waals surface area contributed by atoms with E-state index in [1.807, 2.05) is 6.92 Å². The highest BCUT2D eigenvalue weighted by molar-refractivity contribution is 7.90. The van der Waals surface area contributed by atoms with Crippen molar-refractivity contribution in [2.24, 2.45) is 0 Å². The second-order valence-electron chi connectivity index (χ2n) is 4.40. The fraction of sp³-hybridized carbons (Fsp3) is 0.889. The Bertz CT molecular complexity index is 343. The molecule has 0 aromatic carbocycles. The maximum atomic E-state index is 11.6. The molecule has 0 saturated heterocycles. The molecule has 6 heteroatoms. The predicted molar refractivity (Wildman–Crippen MR) is 56.0 cm³/mol. The predicted octanol–water partition coefficient (Wildman–Crippen LogP) is 0.712. The molecule has 1 rings (SSSR count). The van der Waals surface area contributed by atoms with E-state index in [9.17, 15) is 13.2 Å². The zero-order valence-corrected chi connectivity index (χ0v) is 9.80. The highest BCUT2D eigenvalue weighted by atomic mass is 32.2. The van der Waals surface area contributed by atoms with Gasteiger partial charge in [-0.15, -0.1) is 0 Å². The van der Waals surface area contributed by atoms with Gasteiger partial charge in [-0.3, -0.25) is 4.79 Å². The minimum Gasteiger partial charge on any atom is -0.480 e. The van der Waals surface area contributed by atoms with Gasteiger partial charge in [0.1, 0.15) is 0 Å². The largest absolute Gasteiger partial charge is 0.480 e. The first-order chi connectivity index (χ1) is 6.77. The van der Waals surface area contributed by atoms with Crippen LogP contribution < -0.4 is 4.72 Å². The monoisotopic (exact) mass is 235 g/mol. The van der Waals surface area contributed by atoms with Gasteiger partial charge >= 0.3 is 5.97 Å². The molecule has 1 aliphatic carbocycles. The summed E-state index contributed by atoms with van der Waals surface area (Å²) in [5.41, 5.74) is -0.456. The van der Waals surface area contributed by atoms with E-state index in [-0.39, 0.29) is 0 Å². The van der Waals surface area contributed by atoms with Crippen LogP contribution in [0.3, 0.4) is 0 Å². The lowest BCUT2D eigenvalue weighted by Crippen LogP contribution is -2.48. The Morgan fingerprint density at radius 2 is 1.87 bits per heavy atom. The van der Waals surface area contributed by atoms with Crippen molar-refractivity contribution in [1.29, 1.82) is 0 Å². The molecule has 2 N–H and O–H groups in total. The van der Waals surface area contributed by atoms with Crippen LogP contribution >= 0.6 is 0 Å². The summed E-state index contributed by atoms with van der Waals surface area (Å²) in [4.78, 5) is 10.6. The molecule has 0 amide bonds. The number of rotatable bonds is 4. The Morgan fingerprint density at radius 1 is 1.40 bits per heavy atom. The van der Waals surface area contributed by atoms with E-state index in [4.69, 9.17) is 5.11 Å². The number of hydrogen-bond acceptors (Lipinski definition) is 3. The van der Waals surface area contributed by atoms with Crippen LogP contribution in [0.5, 0.6) is 0 Å². The van der Waals surface area contributed by atoms with E-state index >= 15 is 0 Å². The van der Waals surface area contributed by atoms with Crippen LogP contribution in [0.4, 0.5) is 0 Å². The van der Waals surface area contributed by atoms with Gasteiger partial charge < -0.3 is 5.11 Å². The quantitative estimate of drug-likeness (QED) is 0.751. The van der Waals surface area contributed by atoms with E-state index in [0.717, 1.165) is 25.7 Å². The third-order valence-corrected chi connectivity index (χ3v) is 4.82. The molecule has 15 heavy (non-hydrogen) atoms. The molecule has 0 aromatic rings. The molecule has 0 bridgehead atoms. The van der Waals surface area contributed by atoms with Crippen molar-refractivity contribution in [3.63, 3.8) is 0 Å². The first-order valence-electron chi connectivity index (χ1n) is 5.02. The molecule has 1 saturated carbocycles. The summed E-state index contributed by atoms with van der Waals surface area (Å²) < 4.78 is 25.8. The fourth-order valence-corrected chi connectivity index (χ4v) is 3.16. The molecule has 1 atom stereocenters. The number of carboxylic acids is 1. The maximum absolute atomic E-state index is 11.6. The van der Waals surface area contributed by atoms with E-state index in [1.165, 1.54) is 6.92 Å². The molecule has 1 aliphatic rings. The van der Waals surface area contributed by atoms with Crippen LogP contribution in [0.15, 0.2) is 0 Å². The summed E-state index contributed by atoms with van der Waals surface area (Å²) in [5, 5.41) is 7.26. The van der Waals surface area contributed by atoms with Crippen molar-refractivity contribution in [3.05, 3.63) is 0 Å². The minimum atomic E-state index is -3.75. The SMILES string of the molecule is CC(C(=O)O)S(=O)(=O)NC1(C)CCCC1. The Hall–Kier alpha value is -0.620. The normalized spacial score (nSPS) is 22.5. The van der Waals surface area contributed by atoms with E-state index in [0.29, 0.717) is 0 Å². The molecule has 0 radical (unpaired) electrons. The number of hydrogen-bond donors (Lipinski definition) is 2. The Balaban J connectivity index is 2.76. The molecule has 0 aromatic heterocycles. The van der Waals surface area contributed by atoms with Gasteiger partial charge in [0, 0.05) is 5.54 Å². The van der Waals surface area contributed by atoms with Crippen LogP contribution in [-0.4, -0.2) is 30.3 Å². The average Bonchev–Trinajstić information content (AvgIpc) is 2.49. The second-order valence-corrected chi connectivity index (χ2v) is 6.40. The molecule has 1 fully saturated rings. The lowest BCUT2D eigenvalue weighted by atomic mass is 10.0. The van der Waals surface area contributed by atoms with Crippen molar-refractivity contribution >= 4 is 16.0 Å². The number of carbonyl (C=O) groups is 1. The minimum absolute atomic E-state index is 0.456. The summed E-state index contributed by atoms with van der Waals surface area (Å²) in [6.07, 6.45) is 3.53. The van der Waals surface area contributed by atoms with Crippen molar-refractivity contribution in [1.82, 2.24) is 4.72 Å². The molecule has 0 spiro atoms. The van der Waals surface area contributed by atoms with Crippen molar-refractivity contribution in [2.45, 2.75) is 50.3 Å². The Labute approximate surface area is 89.9 Å². The van der Waals surface area contributed by atoms with Gasteiger partial charge in [0.2, 0.25) is 10.0 Å². The lowest BCUT2D eigenvalue weighted by molar-refractivity contribution is -0.136. The highest BCUT2D eigenvalue weighted by Gasteiger charge is 2.37. The molecule has 5 nitrogen and oxygen atoms in total. The van der Waals surface area contributed by atoms with Crippen LogP contribution in [0.2, 0.25) is 0 Å². The van der Waals surface area contributed by atoms with Crippen molar-refractivity contribution in [3.8, 4) is 0 Å². The maximum Gasteiger partial charge on any atom is 0.323 e. The summed E-state index contributed by atoms with van der Waals surface area (Å²) >= 11 is 0. The first kappa shape index (κ1) is 12.4. The zero-order chi connectivity index (χ0) is 11.7. The number of carboxylic acid groups (broad SMARTS) is 1. The Kier molecular flexibility index (Phi) is 3.40. The second kappa shape index (κ2) is 4.09. The highest BCUT2D eigenvalue weighted by Crippen LogP contribution is 2.29. The van der Waals surface area contributed by atoms with E-state index < -0.39 is 26.8 Å². The number of nitrogens with one attached hydrogen (secondary N) is 1. The molecule has 0 heterocycles. The third kappa shape index (κ3) is 2.92. The standard InChI is InChI=1S/C9H17NO4S/c1-7(8(11)12)15(13,14)10-9(2)5-3-4-6-9/h7,10H,3-6H2,1-2H3,(H,11,12). The van der Waals surface area contributed by atoms with Crippen LogP contribution in [-0.2, 0) is 14.8 Å². The molecule has 0 aliphatic heterocycles. The van der Waals surface area contributed by atoms with Crippen LogP contribution in [0, 0.1) is 0 Å². The van der Waals surface area contributed by atoms with Gasteiger partial charge in [-0.25, -0.2) is 13.1 Å². The molecular weight excluding hydrogens is 218 g/mol. The molecule has 88 valence electrons. The first-order valence-corrected chi connectivity index (χ1v) is 6.57. The van der Waals surface area contributed by atoms with Gasteiger partial charge in [0.15, 0.2) is 5.25 Å². The van der Waals surface area contributed by atoms with Gasteiger partial charge in [0.25, 0.3) is 0 Å². The number of sulfonamides is 1. The lowest BCUT2D eigenvalue weighted by Gasteiger charge is -2.26. The van der Waals surface area contributed by atoms with E-state index in [1.54, 1.807) is 0 Å². The van der Waals surface area contributed by atoms with E-state index in [2.05, 4.69) is 4.72 Å². The zero-order valence-electron chi connectivity index (χ0n) is 8.99. The van der Waals surface area contributed by atoms with Crippen molar-refractivity contribution in [2.75, 3.05) is 0 Å². The van der Waals surface area contributed by atoms with Gasteiger partial charge in [-0.2, -0.15) is 0 Å². The smallest absolute Gasteiger partial charge is 0.323 e. The molecular formula is C9H17NO4S. The summed E-state index contributed by atoms with van der Waals surface area (Å²) in [7, 11) is -3.75. The average molecular weight is 235 g/mol. The summed E-state index contributed by atoms with van der Waals surface area (Å²) in [5.74, 6) is -1.32. The van der Waals surface area contributed by atoms with Gasteiger partial charge in [-0.1, -0.05) is 12.8 Å². The Morgan fingerprint density at radius 3 is 2.27 bits per heavy atom. The summed E-state index contributed by atoms with van der Waals surface area (Å²) in [6, 6.07) is 0. The fourth-order valence-electron chi connectivity index (χ4n) is 1.82. The van der Waals surface area contributed by atoms with Gasteiger partial charge in [0.05, 0.1) is 0 Å². The van der Waals surface area contributed by atoms with Gasteiger partial charge in [-0.05, 0) is 26.7 Å². The van der Waals surface area contributed by atoms with Crippen LogP contribution in [0.25, 0.3) is 0 Å². The topological polar surface area (TPSA) is 83.5 Å². The molecule has 1 unspecified atom stereocenters.